The highest BCUT2D eigenvalue weighted by molar-refractivity contribution is 9.10. The lowest BCUT2D eigenvalue weighted by molar-refractivity contribution is 0.521. The Morgan fingerprint density at radius 3 is 2.48 bits per heavy atom. The zero-order valence-corrected chi connectivity index (χ0v) is 13.3. The highest BCUT2D eigenvalue weighted by atomic mass is 79.9. The van der Waals surface area contributed by atoms with Crippen molar-refractivity contribution in [2.45, 2.75) is 25.8 Å². The minimum absolute atomic E-state index is 0.0313. The summed E-state index contributed by atoms with van der Waals surface area (Å²) in [6.45, 7) is 2.90. The predicted octanol–water partition coefficient (Wildman–Crippen LogP) is 4.41. The van der Waals surface area contributed by atoms with Crippen LogP contribution in [0, 0.1) is 11.6 Å². The fourth-order valence-electron chi connectivity index (χ4n) is 2.21. The summed E-state index contributed by atoms with van der Waals surface area (Å²) in [6.07, 6.45) is 4.97. The summed E-state index contributed by atoms with van der Waals surface area (Å²) in [4.78, 5) is 4.15. The summed E-state index contributed by atoms with van der Waals surface area (Å²) in [5.41, 5.74) is 1.61. The molecule has 2 rings (SSSR count). The van der Waals surface area contributed by atoms with E-state index in [0.717, 1.165) is 29.1 Å². The van der Waals surface area contributed by atoms with Crippen LogP contribution in [0.1, 0.15) is 30.5 Å². The topological polar surface area (TPSA) is 24.9 Å². The number of halogens is 3. The second kappa shape index (κ2) is 7.61. The molecular weight excluding hydrogens is 338 g/mol. The van der Waals surface area contributed by atoms with Gasteiger partial charge in [-0.25, -0.2) is 8.78 Å². The summed E-state index contributed by atoms with van der Waals surface area (Å²) in [7, 11) is 0. The second-order valence-corrected chi connectivity index (χ2v) is 5.84. The molecule has 0 amide bonds. The van der Waals surface area contributed by atoms with Crippen molar-refractivity contribution < 1.29 is 8.78 Å². The molecule has 0 saturated carbocycles. The van der Waals surface area contributed by atoms with Crippen molar-refractivity contribution in [1.29, 1.82) is 0 Å². The van der Waals surface area contributed by atoms with Crippen LogP contribution in [0.3, 0.4) is 0 Å². The van der Waals surface area contributed by atoms with Gasteiger partial charge in [-0.2, -0.15) is 0 Å². The number of benzene rings is 1. The van der Waals surface area contributed by atoms with E-state index < -0.39 is 11.6 Å². The van der Waals surface area contributed by atoms with E-state index in [0.29, 0.717) is 12.0 Å². The quantitative estimate of drug-likeness (QED) is 0.831. The number of aromatic nitrogens is 1. The normalized spacial score (nSPS) is 12.4. The number of hydrogen-bond donors (Lipinski definition) is 1. The lowest BCUT2D eigenvalue weighted by Crippen LogP contribution is -2.24. The average molecular weight is 355 g/mol. The zero-order chi connectivity index (χ0) is 15.2. The van der Waals surface area contributed by atoms with E-state index in [9.17, 15) is 8.78 Å². The second-order valence-electron chi connectivity index (χ2n) is 4.93. The SMILES string of the molecule is CCCNC(Cc1cc(F)cc(F)c1)c1cncc(Br)c1. The van der Waals surface area contributed by atoms with Crippen molar-refractivity contribution in [3.8, 4) is 0 Å². The molecule has 1 unspecified atom stereocenters. The minimum atomic E-state index is -0.549. The first-order valence-corrected chi connectivity index (χ1v) is 7.66. The van der Waals surface area contributed by atoms with Crippen LogP contribution in [-0.2, 0) is 6.42 Å². The Morgan fingerprint density at radius 1 is 1.14 bits per heavy atom. The van der Waals surface area contributed by atoms with Crippen LogP contribution in [0.15, 0.2) is 41.1 Å². The molecule has 1 heterocycles. The predicted molar refractivity (Wildman–Crippen MR) is 83.0 cm³/mol. The molecule has 0 aliphatic heterocycles. The van der Waals surface area contributed by atoms with E-state index in [1.165, 1.54) is 12.1 Å². The third-order valence-electron chi connectivity index (χ3n) is 3.13. The molecule has 2 nitrogen and oxygen atoms in total. The molecule has 1 N–H and O–H groups in total. The number of rotatable bonds is 6. The molecule has 0 aliphatic rings. The van der Waals surface area contributed by atoms with Gasteiger partial charge in [0.15, 0.2) is 0 Å². The number of nitrogens with zero attached hydrogens (tertiary/aromatic N) is 1. The van der Waals surface area contributed by atoms with Crippen LogP contribution in [-0.4, -0.2) is 11.5 Å². The van der Waals surface area contributed by atoms with Gasteiger partial charge in [-0.1, -0.05) is 6.92 Å². The zero-order valence-electron chi connectivity index (χ0n) is 11.7. The summed E-state index contributed by atoms with van der Waals surface area (Å²) in [5.74, 6) is -1.10. The van der Waals surface area contributed by atoms with Crippen LogP contribution in [0.2, 0.25) is 0 Å². The largest absolute Gasteiger partial charge is 0.310 e. The van der Waals surface area contributed by atoms with Crippen molar-refractivity contribution in [2.75, 3.05) is 6.54 Å². The van der Waals surface area contributed by atoms with Gasteiger partial charge in [0.25, 0.3) is 0 Å². The van der Waals surface area contributed by atoms with E-state index >= 15 is 0 Å². The fourth-order valence-corrected chi connectivity index (χ4v) is 2.59. The number of hydrogen-bond acceptors (Lipinski definition) is 2. The molecule has 5 heteroatoms. The Morgan fingerprint density at radius 2 is 1.86 bits per heavy atom. The molecule has 1 aromatic heterocycles. The third kappa shape index (κ3) is 4.86. The molecule has 0 saturated heterocycles. The summed E-state index contributed by atoms with van der Waals surface area (Å²) < 4.78 is 27.5. The summed E-state index contributed by atoms with van der Waals surface area (Å²) >= 11 is 3.40. The average Bonchev–Trinajstić information content (AvgIpc) is 2.42. The molecule has 0 fully saturated rings. The van der Waals surface area contributed by atoms with Crippen LogP contribution in [0.25, 0.3) is 0 Å². The first kappa shape index (κ1) is 16.0. The molecule has 0 spiro atoms. The van der Waals surface area contributed by atoms with Gasteiger partial charge in [-0.3, -0.25) is 4.98 Å². The van der Waals surface area contributed by atoms with Gasteiger partial charge in [-0.05, 0) is 64.6 Å². The first-order chi connectivity index (χ1) is 10.1. The van der Waals surface area contributed by atoms with Gasteiger partial charge in [0.1, 0.15) is 11.6 Å². The highest BCUT2D eigenvalue weighted by Gasteiger charge is 2.13. The lowest BCUT2D eigenvalue weighted by Gasteiger charge is -2.19. The Bertz CT molecular complexity index is 584. The standard InChI is InChI=1S/C16H17BrF2N2/c1-2-3-21-16(12-7-13(17)10-20-9-12)6-11-4-14(18)8-15(19)5-11/h4-5,7-10,16,21H,2-3,6H2,1H3. The molecule has 0 aliphatic carbocycles. The van der Waals surface area contributed by atoms with Crippen molar-refractivity contribution in [1.82, 2.24) is 10.3 Å². The Balaban J connectivity index is 2.23. The van der Waals surface area contributed by atoms with E-state index in [1.807, 2.05) is 6.07 Å². The summed E-state index contributed by atoms with van der Waals surface area (Å²) in [5, 5.41) is 3.39. The monoisotopic (exact) mass is 354 g/mol. The fraction of sp³-hybridized carbons (Fsp3) is 0.312. The van der Waals surface area contributed by atoms with Gasteiger partial charge in [0.05, 0.1) is 0 Å². The van der Waals surface area contributed by atoms with E-state index in [2.05, 4.69) is 33.2 Å². The minimum Gasteiger partial charge on any atom is -0.310 e. The Labute approximate surface area is 131 Å². The Kier molecular flexibility index (Phi) is 5.82. The molecule has 112 valence electrons. The number of nitrogens with one attached hydrogen (secondary N) is 1. The van der Waals surface area contributed by atoms with Crippen LogP contribution in [0.5, 0.6) is 0 Å². The molecule has 1 atom stereocenters. The first-order valence-electron chi connectivity index (χ1n) is 6.87. The maximum atomic E-state index is 13.3. The third-order valence-corrected chi connectivity index (χ3v) is 3.56. The molecular formula is C16H17BrF2N2. The Hall–Kier alpha value is -1.33. The van der Waals surface area contributed by atoms with Gasteiger partial charge in [-0.15, -0.1) is 0 Å². The van der Waals surface area contributed by atoms with Crippen molar-refractivity contribution in [2.24, 2.45) is 0 Å². The van der Waals surface area contributed by atoms with E-state index in [4.69, 9.17) is 0 Å². The van der Waals surface area contributed by atoms with Crippen molar-refractivity contribution in [3.63, 3.8) is 0 Å². The maximum Gasteiger partial charge on any atom is 0.126 e. The van der Waals surface area contributed by atoms with Gasteiger partial charge >= 0.3 is 0 Å². The molecule has 0 bridgehead atoms. The molecule has 2 aromatic rings. The van der Waals surface area contributed by atoms with Gasteiger partial charge in [0, 0.05) is 29.0 Å². The molecule has 0 radical (unpaired) electrons. The summed E-state index contributed by atoms with van der Waals surface area (Å²) in [6, 6.07) is 5.56. The lowest BCUT2D eigenvalue weighted by atomic mass is 10.00. The van der Waals surface area contributed by atoms with E-state index in [-0.39, 0.29) is 6.04 Å². The van der Waals surface area contributed by atoms with Crippen LogP contribution >= 0.6 is 15.9 Å². The number of pyridine rings is 1. The van der Waals surface area contributed by atoms with Crippen LogP contribution in [0.4, 0.5) is 8.78 Å². The van der Waals surface area contributed by atoms with Gasteiger partial charge < -0.3 is 5.32 Å². The van der Waals surface area contributed by atoms with Crippen molar-refractivity contribution in [3.05, 3.63) is 63.9 Å². The molecule has 21 heavy (non-hydrogen) atoms. The van der Waals surface area contributed by atoms with Crippen molar-refractivity contribution >= 4 is 15.9 Å². The smallest absolute Gasteiger partial charge is 0.126 e. The van der Waals surface area contributed by atoms with Gasteiger partial charge in [0.2, 0.25) is 0 Å². The van der Waals surface area contributed by atoms with Crippen LogP contribution < -0.4 is 5.32 Å². The highest BCUT2D eigenvalue weighted by Crippen LogP contribution is 2.22. The van der Waals surface area contributed by atoms with E-state index in [1.54, 1.807) is 12.4 Å². The molecule has 1 aromatic carbocycles. The maximum absolute atomic E-state index is 13.3.